The average Bonchev–Trinajstić information content (AvgIpc) is 2.59. The number of aliphatic carboxylic acids is 3. The largest absolute Gasteiger partial charge is 0.480 e. The molecule has 162 valence electrons. The Hall–Kier alpha value is -1.79. The van der Waals surface area contributed by atoms with Crippen LogP contribution in [-0.4, -0.2) is 143 Å². The Kier molecular flexibility index (Phi) is 11.6. The molecule has 0 spiro atoms. The van der Waals surface area contributed by atoms with Crippen LogP contribution in [0.1, 0.15) is 6.42 Å². The van der Waals surface area contributed by atoms with E-state index in [4.69, 9.17) is 20.4 Å². The number of carboxylic acids is 3. The molecule has 0 atom stereocenters. The number of aliphatic hydroxyl groups is 1. The number of carbonyl (C=O) groups is 3. The zero-order valence-corrected chi connectivity index (χ0v) is 16.2. The van der Waals surface area contributed by atoms with Gasteiger partial charge in [0.25, 0.3) is 0 Å². The van der Waals surface area contributed by atoms with Crippen LogP contribution in [0, 0.1) is 0 Å². The molecular weight excluding hydrogens is 372 g/mol. The van der Waals surface area contributed by atoms with Gasteiger partial charge in [0, 0.05) is 65.5 Å². The topological polar surface area (TPSA) is 145 Å². The second-order valence-corrected chi connectivity index (χ2v) is 6.93. The molecule has 0 amide bonds. The van der Waals surface area contributed by atoms with E-state index in [1.165, 1.54) is 0 Å². The lowest BCUT2D eigenvalue weighted by molar-refractivity contribution is -0.140. The van der Waals surface area contributed by atoms with Gasteiger partial charge in [-0.1, -0.05) is 0 Å². The Morgan fingerprint density at radius 3 is 1.11 bits per heavy atom. The van der Waals surface area contributed by atoms with Gasteiger partial charge >= 0.3 is 17.9 Å². The summed E-state index contributed by atoms with van der Waals surface area (Å²) in [6.07, 6.45) is 0.588. The summed E-state index contributed by atoms with van der Waals surface area (Å²) in [4.78, 5) is 40.8. The van der Waals surface area contributed by atoms with E-state index in [1.54, 1.807) is 14.7 Å². The number of hydrogen-bond acceptors (Lipinski definition) is 8. The molecule has 1 heterocycles. The molecule has 28 heavy (non-hydrogen) atoms. The molecule has 1 saturated heterocycles. The Balaban J connectivity index is 2.86. The number of rotatable bonds is 9. The normalized spacial score (nSPS) is 19.6. The van der Waals surface area contributed by atoms with Gasteiger partial charge in [-0.2, -0.15) is 0 Å². The Morgan fingerprint density at radius 2 is 0.857 bits per heavy atom. The van der Waals surface area contributed by atoms with Gasteiger partial charge in [-0.05, 0) is 6.42 Å². The molecule has 0 bridgehead atoms. The maximum atomic E-state index is 11.1. The van der Waals surface area contributed by atoms with Gasteiger partial charge in [-0.25, -0.2) is 0 Å². The van der Waals surface area contributed by atoms with Crippen molar-refractivity contribution in [2.75, 3.05) is 85.1 Å². The second-order valence-electron chi connectivity index (χ2n) is 6.93. The van der Waals surface area contributed by atoms with Gasteiger partial charge in [0.15, 0.2) is 0 Å². The third kappa shape index (κ3) is 11.1. The van der Waals surface area contributed by atoms with E-state index in [0.717, 1.165) is 0 Å². The smallest absolute Gasteiger partial charge is 0.317 e. The average molecular weight is 404 g/mol. The number of hydrogen-bond donors (Lipinski definition) is 4. The van der Waals surface area contributed by atoms with Crippen LogP contribution >= 0.6 is 0 Å². The van der Waals surface area contributed by atoms with Crippen molar-refractivity contribution in [3.8, 4) is 0 Å². The van der Waals surface area contributed by atoms with Crippen LogP contribution in [-0.2, 0) is 14.4 Å². The van der Waals surface area contributed by atoms with Crippen molar-refractivity contribution >= 4 is 17.9 Å². The number of aliphatic hydroxyl groups excluding tert-OH is 1. The highest BCUT2D eigenvalue weighted by Gasteiger charge is 2.19. The molecule has 11 nitrogen and oxygen atoms in total. The van der Waals surface area contributed by atoms with Gasteiger partial charge < -0.3 is 25.3 Å². The second kappa shape index (κ2) is 13.4. The van der Waals surface area contributed by atoms with Gasteiger partial charge in [0.2, 0.25) is 0 Å². The predicted molar refractivity (Wildman–Crippen MR) is 100 cm³/mol. The summed E-state index contributed by atoms with van der Waals surface area (Å²) >= 11 is 0. The van der Waals surface area contributed by atoms with Gasteiger partial charge in [0.1, 0.15) is 0 Å². The van der Waals surface area contributed by atoms with Crippen LogP contribution in [0.5, 0.6) is 0 Å². The van der Waals surface area contributed by atoms with Crippen molar-refractivity contribution < 1.29 is 34.8 Å². The third-order valence-corrected chi connectivity index (χ3v) is 4.64. The minimum atomic E-state index is -0.975. The molecule has 0 saturated carbocycles. The monoisotopic (exact) mass is 404 g/mol. The molecule has 0 aliphatic carbocycles. The molecule has 1 fully saturated rings. The van der Waals surface area contributed by atoms with Crippen molar-refractivity contribution in [2.45, 2.75) is 6.42 Å². The van der Waals surface area contributed by atoms with Crippen molar-refractivity contribution in [1.29, 1.82) is 0 Å². The highest BCUT2D eigenvalue weighted by atomic mass is 16.4. The lowest BCUT2D eigenvalue weighted by atomic mass is 10.3. The minimum absolute atomic E-state index is 0.0539. The Bertz CT molecular complexity index is 474. The van der Waals surface area contributed by atoms with E-state index < -0.39 is 17.9 Å². The van der Waals surface area contributed by atoms with E-state index >= 15 is 0 Å². The zero-order chi connectivity index (χ0) is 20.9. The summed E-state index contributed by atoms with van der Waals surface area (Å²) in [6, 6.07) is 0. The van der Waals surface area contributed by atoms with Crippen LogP contribution in [0.25, 0.3) is 0 Å². The fourth-order valence-electron chi connectivity index (χ4n) is 3.14. The van der Waals surface area contributed by atoms with E-state index in [2.05, 4.69) is 4.90 Å². The quantitative estimate of drug-likeness (QED) is 0.333. The van der Waals surface area contributed by atoms with Gasteiger partial charge in [0.05, 0.1) is 19.6 Å². The third-order valence-electron chi connectivity index (χ3n) is 4.64. The lowest BCUT2D eigenvalue weighted by Crippen LogP contribution is -2.48. The summed E-state index contributed by atoms with van der Waals surface area (Å²) < 4.78 is 0. The molecule has 0 unspecified atom stereocenters. The molecule has 0 aromatic heterocycles. The molecule has 4 N–H and O–H groups in total. The standard InChI is InChI=1S/C17H32N4O7/c22-11-1-2-18-3-5-19(12-15(23)24)7-9-21(14-17(27)28)10-8-20(6-4-18)13-16(25)26/h22H,1-14H2,(H,23,24)(H,25,26)(H,27,28). The van der Waals surface area contributed by atoms with Crippen LogP contribution in [0.15, 0.2) is 0 Å². The first-order chi connectivity index (χ1) is 13.3. The maximum absolute atomic E-state index is 11.1. The van der Waals surface area contributed by atoms with E-state index in [0.29, 0.717) is 65.3 Å². The molecule has 0 aromatic carbocycles. The van der Waals surface area contributed by atoms with Crippen LogP contribution in [0.2, 0.25) is 0 Å². The number of carboxylic acid groups (broad SMARTS) is 3. The lowest BCUT2D eigenvalue weighted by Gasteiger charge is -2.33. The summed E-state index contributed by atoms with van der Waals surface area (Å²) in [5, 5.41) is 36.5. The molecule has 1 aliphatic heterocycles. The molecular formula is C17H32N4O7. The summed E-state index contributed by atoms with van der Waals surface area (Å²) in [7, 11) is 0. The van der Waals surface area contributed by atoms with E-state index in [-0.39, 0.29) is 26.2 Å². The minimum Gasteiger partial charge on any atom is -0.480 e. The van der Waals surface area contributed by atoms with Crippen LogP contribution in [0.3, 0.4) is 0 Å². The SMILES string of the molecule is O=C(O)CN1CCN(CCCO)CCN(CC(=O)O)CCN(CC(=O)O)CC1. The molecule has 0 aromatic rings. The van der Waals surface area contributed by atoms with Gasteiger partial charge in [-0.3, -0.25) is 29.1 Å². The first kappa shape index (κ1) is 24.2. The van der Waals surface area contributed by atoms with Crippen molar-refractivity contribution in [2.24, 2.45) is 0 Å². The summed E-state index contributed by atoms with van der Waals surface area (Å²) in [5.74, 6) is -2.85. The fraction of sp³-hybridized carbons (Fsp3) is 0.824. The van der Waals surface area contributed by atoms with Crippen LogP contribution in [0.4, 0.5) is 0 Å². The maximum Gasteiger partial charge on any atom is 0.317 e. The Morgan fingerprint density at radius 1 is 0.571 bits per heavy atom. The predicted octanol–water partition coefficient (Wildman–Crippen LogP) is -2.16. The van der Waals surface area contributed by atoms with Crippen LogP contribution < -0.4 is 0 Å². The highest BCUT2D eigenvalue weighted by Crippen LogP contribution is 2.02. The molecule has 11 heteroatoms. The molecule has 1 rings (SSSR count). The van der Waals surface area contributed by atoms with Crippen molar-refractivity contribution in [3.63, 3.8) is 0 Å². The van der Waals surface area contributed by atoms with E-state index in [1.807, 2.05) is 0 Å². The fourth-order valence-corrected chi connectivity index (χ4v) is 3.14. The molecule has 1 aliphatic rings. The van der Waals surface area contributed by atoms with Crippen molar-refractivity contribution in [1.82, 2.24) is 19.6 Å². The van der Waals surface area contributed by atoms with Crippen molar-refractivity contribution in [3.05, 3.63) is 0 Å². The zero-order valence-electron chi connectivity index (χ0n) is 16.2. The summed E-state index contributed by atoms with van der Waals surface area (Å²) in [5.41, 5.74) is 0. The first-order valence-corrected chi connectivity index (χ1v) is 9.45. The summed E-state index contributed by atoms with van der Waals surface area (Å²) in [6.45, 7) is 4.04. The highest BCUT2D eigenvalue weighted by molar-refractivity contribution is 5.69. The Labute approximate surface area is 164 Å². The number of nitrogens with zero attached hydrogens (tertiary/aromatic N) is 4. The molecule has 0 radical (unpaired) electrons. The van der Waals surface area contributed by atoms with E-state index in [9.17, 15) is 14.4 Å². The first-order valence-electron chi connectivity index (χ1n) is 9.45. The van der Waals surface area contributed by atoms with Gasteiger partial charge in [-0.15, -0.1) is 0 Å².